The molecule has 6 nitrogen and oxygen atoms in total. The largest absolute Gasteiger partial charge is 0.353 e. The van der Waals surface area contributed by atoms with Crippen LogP contribution in [-0.2, 0) is 4.79 Å². The van der Waals surface area contributed by atoms with Crippen molar-refractivity contribution >= 4 is 29.1 Å². The molecule has 132 valence electrons. The van der Waals surface area contributed by atoms with E-state index in [0.29, 0.717) is 11.6 Å². The number of benzene rings is 1. The number of amides is 3. The van der Waals surface area contributed by atoms with E-state index in [-0.39, 0.29) is 31.1 Å². The fourth-order valence-corrected chi connectivity index (χ4v) is 2.50. The minimum absolute atomic E-state index is 0.0554. The third-order valence-electron chi connectivity index (χ3n) is 3.10. The summed E-state index contributed by atoms with van der Waals surface area (Å²) in [5, 5.41) is 10.8. The molecule has 1 aromatic heterocycles. The average Bonchev–Trinajstić information content (AvgIpc) is 3.11. The molecule has 0 saturated heterocycles. The van der Waals surface area contributed by atoms with Gasteiger partial charge in [-0.05, 0) is 23.6 Å². The molecule has 25 heavy (non-hydrogen) atoms. The van der Waals surface area contributed by atoms with E-state index in [1.807, 2.05) is 0 Å². The van der Waals surface area contributed by atoms with Crippen LogP contribution >= 0.6 is 11.3 Å². The van der Waals surface area contributed by atoms with Gasteiger partial charge in [-0.15, -0.1) is 0 Å². The van der Waals surface area contributed by atoms with Gasteiger partial charge in [0, 0.05) is 30.1 Å². The Morgan fingerprint density at radius 3 is 2.40 bits per heavy atom. The lowest BCUT2D eigenvalue weighted by Crippen LogP contribution is -2.40. The molecule has 0 bridgehead atoms. The van der Waals surface area contributed by atoms with E-state index in [9.17, 15) is 23.2 Å². The fraction of sp³-hybridized carbons (Fsp3) is 0.188. The molecule has 0 aliphatic heterocycles. The highest BCUT2D eigenvalue weighted by Crippen LogP contribution is 2.09. The van der Waals surface area contributed by atoms with E-state index >= 15 is 0 Å². The Bertz CT molecular complexity index is 766. The van der Waals surface area contributed by atoms with Gasteiger partial charge in [0.2, 0.25) is 5.91 Å². The first-order valence-corrected chi connectivity index (χ1v) is 8.22. The van der Waals surface area contributed by atoms with Crippen molar-refractivity contribution in [3.8, 4) is 0 Å². The number of thiophene rings is 1. The normalized spacial score (nSPS) is 10.2. The molecule has 0 saturated carbocycles. The molecular formula is C16H15F2N3O3S. The molecule has 0 aliphatic carbocycles. The predicted molar refractivity (Wildman–Crippen MR) is 88.4 cm³/mol. The summed E-state index contributed by atoms with van der Waals surface area (Å²) in [4.78, 5) is 34.9. The van der Waals surface area contributed by atoms with E-state index in [0.717, 1.165) is 12.1 Å². The number of rotatable bonds is 7. The van der Waals surface area contributed by atoms with Crippen molar-refractivity contribution in [2.24, 2.45) is 0 Å². The van der Waals surface area contributed by atoms with Crippen LogP contribution in [0.1, 0.15) is 20.7 Å². The molecule has 3 N–H and O–H groups in total. The second kappa shape index (κ2) is 8.88. The molecule has 9 heteroatoms. The Kier molecular flexibility index (Phi) is 6.58. The number of carbonyl (C=O) groups excluding carboxylic acids is 3. The van der Waals surface area contributed by atoms with Crippen LogP contribution in [0.15, 0.2) is 35.0 Å². The minimum Gasteiger partial charge on any atom is -0.353 e. The second-order valence-electron chi connectivity index (χ2n) is 4.92. The zero-order chi connectivity index (χ0) is 18.2. The van der Waals surface area contributed by atoms with Crippen molar-refractivity contribution in [2.75, 3.05) is 19.6 Å². The van der Waals surface area contributed by atoms with Crippen LogP contribution in [0.5, 0.6) is 0 Å². The standard InChI is InChI=1S/C16H15F2N3O3S/c17-11-1-2-12(13(18)7-11)16(24)20-5-4-19-14(22)8-21-15(23)10-3-6-25-9-10/h1-3,6-7,9H,4-5,8H2,(H,19,22)(H,20,24)(H,21,23). The Morgan fingerprint density at radius 1 is 0.960 bits per heavy atom. The van der Waals surface area contributed by atoms with E-state index < -0.39 is 23.4 Å². The lowest BCUT2D eigenvalue weighted by atomic mass is 10.2. The van der Waals surface area contributed by atoms with Gasteiger partial charge in [-0.2, -0.15) is 11.3 Å². The van der Waals surface area contributed by atoms with Crippen LogP contribution in [0, 0.1) is 11.6 Å². The highest BCUT2D eigenvalue weighted by Gasteiger charge is 2.12. The maximum absolute atomic E-state index is 13.4. The van der Waals surface area contributed by atoms with Crippen molar-refractivity contribution in [3.05, 3.63) is 57.8 Å². The second-order valence-corrected chi connectivity index (χ2v) is 5.70. The number of carbonyl (C=O) groups is 3. The zero-order valence-electron chi connectivity index (χ0n) is 13.0. The van der Waals surface area contributed by atoms with Crippen molar-refractivity contribution in [2.45, 2.75) is 0 Å². The summed E-state index contributed by atoms with van der Waals surface area (Å²) in [6.45, 7) is -0.0448. The highest BCUT2D eigenvalue weighted by molar-refractivity contribution is 7.08. The summed E-state index contributed by atoms with van der Waals surface area (Å²) in [5.74, 6) is -3.22. The molecule has 0 spiro atoms. The van der Waals surface area contributed by atoms with E-state index in [4.69, 9.17) is 0 Å². The molecule has 0 aliphatic rings. The smallest absolute Gasteiger partial charge is 0.254 e. The van der Waals surface area contributed by atoms with E-state index in [2.05, 4.69) is 16.0 Å². The molecule has 0 atom stereocenters. The van der Waals surface area contributed by atoms with Gasteiger partial charge in [-0.1, -0.05) is 0 Å². The third-order valence-corrected chi connectivity index (χ3v) is 3.78. The van der Waals surface area contributed by atoms with Crippen molar-refractivity contribution in [1.82, 2.24) is 16.0 Å². The first-order valence-electron chi connectivity index (χ1n) is 7.27. The van der Waals surface area contributed by atoms with Gasteiger partial charge in [0.1, 0.15) is 11.6 Å². The molecule has 0 fully saturated rings. The fourth-order valence-electron chi connectivity index (χ4n) is 1.87. The van der Waals surface area contributed by atoms with Gasteiger partial charge in [0.05, 0.1) is 12.1 Å². The van der Waals surface area contributed by atoms with Crippen molar-refractivity contribution in [1.29, 1.82) is 0 Å². The SMILES string of the molecule is O=C(CNC(=O)c1ccsc1)NCCNC(=O)c1ccc(F)cc1F. The molecule has 2 rings (SSSR count). The van der Waals surface area contributed by atoms with Gasteiger partial charge >= 0.3 is 0 Å². The Hall–Kier alpha value is -2.81. The van der Waals surface area contributed by atoms with Crippen LogP contribution in [0.3, 0.4) is 0 Å². The summed E-state index contributed by atoms with van der Waals surface area (Å²) < 4.78 is 26.2. The lowest BCUT2D eigenvalue weighted by Gasteiger charge is -2.08. The third kappa shape index (κ3) is 5.64. The molecule has 0 unspecified atom stereocenters. The molecular weight excluding hydrogens is 352 g/mol. The molecule has 0 radical (unpaired) electrons. The molecule has 3 amide bonds. The van der Waals surface area contributed by atoms with Crippen LogP contribution in [-0.4, -0.2) is 37.4 Å². The Balaban J connectivity index is 1.66. The lowest BCUT2D eigenvalue weighted by molar-refractivity contribution is -0.120. The summed E-state index contributed by atoms with van der Waals surface area (Å²) >= 11 is 1.37. The summed E-state index contributed by atoms with van der Waals surface area (Å²) in [6.07, 6.45) is 0. The topological polar surface area (TPSA) is 87.3 Å². The van der Waals surface area contributed by atoms with Crippen LogP contribution in [0.4, 0.5) is 8.78 Å². The Labute approximate surface area is 146 Å². The van der Waals surface area contributed by atoms with Gasteiger partial charge in [-0.25, -0.2) is 8.78 Å². The van der Waals surface area contributed by atoms with Crippen LogP contribution in [0.2, 0.25) is 0 Å². The van der Waals surface area contributed by atoms with Crippen LogP contribution in [0.25, 0.3) is 0 Å². The molecule has 2 aromatic rings. The summed E-state index contributed by atoms with van der Waals surface area (Å²) in [6, 6.07) is 4.28. The molecule has 1 heterocycles. The van der Waals surface area contributed by atoms with E-state index in [1.54, 1.807) is 16.8 Å². The minimum atomic E-state index is -0.960. The van der Waals surface area contributed by atoms with Crippen molar-refractivity contribution < 1.29 is 23.2 Å². The average molecular weight is 367 g/mol. The van der Waals surface area contributed by atoms with Crippen LogP contribution < -0.4 is 16.0 Å². The zero-order valence-corrected chi connectivity index (χ0v) is 13.8. The maximum Gasteiger partial charge on any atom is 0.254 e. The number of nitrogens with one attached hydrogen (secondary N) is 3. The monoisotopic (exact) mass is 367 g/mol. The van der Waals surface area contributed by atoms with E-state index in [1.165, 1.54) is 11.3 Å². The first-order chi connectivity index (χ1) is 12.0. The Morgan fingerprint density at radius 2 is 1.72 bits per heavy atom. The highest BCUT2D eigenvalue weighted by atomic mass is 32.1. The summed E-state index contributed by atoms with van der Waals surface area (Å²) in [5.41, 5.74) is 0.196. The summed E-state index contributed by atoms with van der Waals surface area (Å²) in [7, 11) is 0. The van der Waals surface area contributed by atoms with Crippen molar-refractivity contribution in [3.63, 3.8) is 0 Å². The predicted octanol–water partition coefficient (Wildman–Crippen LogP) is 1.30. The van der Waals surface area contributed by atoms with Gasteiger partial charge < -0.3 is 16.0 Å². The van der Waals surface area contributed by atoms with Gasteiger partial charge in [0.15, 0.2) is 0 Å². The number of hydrogen-bond donors (Lipinski definition) is 3. The number of hydrogen-bond acceptors (Lipinski definition) is 4. The number of halogens is 2. The van der Waals surface area contributed by atoms with Gasteiger partial charge in [0.25, 0.3) is 11.8 Å². The molecule has 1 aromatic carbocycles. The quantitative estimate of drug-likeness (QED) is 0.645. The van der Waals surface area contributed by atoms with Gasteiger partial charge in [-0.3, -0.25) is 14.4 Å². The first kappa shape index (κ1) is 18.5. The maximum atomic E-state index is 13.4.